The highest BCUT2D eigenvalue weighted by Crippen LogP contribution is 2.20. The third-order valence-corrected chi connectivity index (χ3v) is 5.46. The summed E-state index contributed by atoms with van der Waals surface area (Å²) in [5, 5.41) is 0. The maximum Gasteiger partial charge on any atom is 0.250 e. The second-order valence-corrected chi connectivity index (χ2v) is 7.33. The van der Waals surface area contributed by atoms with Crippen molar-refractivity contribution in [2.45, 2.75) is 36.9 Å². The minimum absolute atomic E-state index is 0.0776. The largest absolute Gasteiger partial charge is 0.250 e. The minimum atomic E-state index is -3.34. The molecule has 0 radical (unpaired) electrons. The summed E-state index contributed by atoms with van der Waals surface area (Å²) in [5.41, 5.74) is 0. The molecule has 6 heteroatoms. The summed E-state index contributed by atoms with van der Waals surface area (Å²) in [6.45, 7) is 3.74. The second kappa shape index (κ2) is 6.00. The van der Waals surface area contributed by atoms with Gasteiger partial charge in [-0.25, -0.2) is 13.1 Å². The Balaban J connectivity index is 2.65. The van der Waals surface area contributed by atoms with E-state index in [0.29, 0.717) is 10.1 Å². The normalized spacial score (nSPS) is 13.9. The van der Waals surface area contributed by atoms with Crippen LogP contribution in [0.25, 0.3) is 0 Å². The van der Waals surface area contributed by atoms with Gasteiger partial charge in [0.05, 0.1) is 0 Å². The molecule has 0 amide bonds. The first kappa shape index (κ1) is 14.0. The average Bonchev–Trinajstić information content (AvgIpc) is 2.62. The van der Waals surface area contributed by atoms with Crippen molar-refractivity contribution in [1.82, 2.24) is 4.72 Å². The highest BCUT2D eigenvalue weighted by atomic mass is 35.5. The molecule has 3 nitrogen and oxygen atoms in total. The Morgan fingerprint density at radius 3 is 2.69 bits per heavy atom. The van der Waals surface area contributed by atoms with Crippen LogP contribution in [0.1, 0.15) is 24.6 Å². The summed E-state index contributed by atoms with van der Waals surface area (Å²) in [5.74, 6) is 0.560. The zero-order valence-corrected chi connectivity index (χ0v) is 11.8. The molecule has 0 spiro atoms. The predicted molar refractivity (Wildman–Crippen MR) is 68.8 cm³/mol. The van der Waals surface area contributed by atoms with Crippen molar-refractivity contribution in [2.75, 3.05) is 5.88 Å². The van der Waals surface area contributed by atoms with Crippen LogP contribution in [-0.4, -0.2) is 20.3 Å². The molecule has 0 fully saturated rings. The van der Waals surface area contributed by atoms with E-state index in [9.17, 15) is 8.42 Å². The Kier molecular flexibility index (Phi) is 5.24. The average molecular weight is 282 g/mol. The van der Waals surface area contributed by atoms with Gasteiger partial charge >= 0.3 is 0 Å². The molecule has 0 aliphatic heterocycles. The molecule has 0 aliphatic carbocycles. The van der Waals surface area contributed by atoms with Gasteiger partial charge in [-0.15, -0.1) is 22.9 Å². The summed E-state index contributed by atoms with van der Waals surface area (Å²) >= 11 is 6.85. The molecule has 1 atom stereocenters. The summed E-state index contributed by atoms with van der Waals surface area (Å²) in [6.07, 6.45) is 1.57. The van der Waals surface area contributed by atoms with Crippen molar-refractivity contribution in [3.8, 4) is 0 Å². The van der Waals surface area contributed by atoms with Crippen molar-refractivity contribution in [3.05, 3.63) is 17.0 Å². The molecular formula is C10H16ClNO2S2. The number of thiophene rings is 1. The van der Waals surface area contributed by atoms with E-state index < -0.39 is 10.0 Å². The fourth-order valence-corrected chi connectivity index (χ4v) is 4.05. The third kappa shape index (κ3) is 4.05. The van der Waals surface area contributed by atoms with Gasteiger partial charge in [0, 0.05) is 16.8 Å². The van der Waals surface area contributed by atoms with Gasteiger partial charge in [0.1, 0.15) is 4.21 Å². The number of alkyl halides is 1. The molecule has 1 unspecified atom stereocenters. The highest BCUT2D eigenvalue weighted by molar-refractivity contribution is 7.91. The highest BCUT2D eigenvalue weighted by Gasteiger charge is 2.18. The van der Waals surface area contributed by atoms with Gasteiger partial charge in [-0.2, -0.15) is 0 Å². The van der Waals surface area contributed by atoms with Crippen LogP contribution in [0.4, 0.5) is 0 Å². The van der Waals surface area contributed by atoms with Gasteiger partial charge in [-0.1, -0.05) is 0 Å². The third-order valence-electron chi connectivity index (χ3n) is 2.11. The van der Waals surface area contributed by atoms with E-state index in [1.165, 1.54) is 11.3 Å². The molecule has 1 aromatic heterocycles. The Hall–Kier alpha value is -0.100. The standard InChI is InChI=1S/C10H16ClNO2S2/c1-8(4-3-7-11)12-16(13,14)10-6-5-9(2)15-10/h5-6,8,12H,3-4,7H2,1-2H3. The van der Waals surface area contributed by atoms with Gasteiger partial charge < -0.3 is 0 Å². The second-order valence-electron chi connectivity index (χ2n) is 3.72. The number of aryl methyl sites for hydroxylation is 1. The van der Waals surface area contributed by atoms with Crippen LogP contribution in [0, 0.1) is 6.92 Å². The number of hydrogen-bond donors (Lipinski definition) is 1. The molecule has 92 valence electrons. The van der Waals surface area contributed by atoms with Gasteiger partial charge in [0.2, 0.25) is 10.0 Å². The van der Waals surface area contributed by atoms with Crippen molar-refractivity contribution in [2.24, 2.45) is 0 Å². The number of nitrogens with one attached hydrogen (secondary N) is 1. The number of halogens is 1. The molecular weight excluding hydrogens is 266 g/mol. The molecule has 1 rings (SSSR count). The molecule has 1 heterocycles. The van der Waals surface area contributed by atoms with Crippen molar-refractivity contribution >= 4 is 33.0 Å². The molecule has 0 saturated carbocycles. The van der Waals surface area contributed by atoms with Crippen LogP contribution in [0.15, 0.2) is 16.3 Å². The topological polar surface area (TPSA) is 46.2 Å². The van der Waals surface area contributed by atoms with Gasteiger partial charge in [0.25, 0.3) is 0 Å². The quantitative estimate of drug-likeness (QED) is 0.815. The van der Waals surface area contributed by atoms with Crippen LogP contribution in [0.2, 0.25) is 0 Å². The van der Waals surface area contributed by atoms with Crippen LogP contribution in [0.3, 0.4) is 0 Å². The van der Waals surface area contributed by atoms with Crippen molar-refractivity contribution in [3.63, 3.8) is 0 Å². The SMILES string of the molecule is Cc1ccc(S(=O)(=O)NC(C)CCCCl)s1. The monoisotopic (exact) mass is 281 g/mol. The van der Waals surface area contributed by atoms with Gasteiger partial charge in [0.15, 0.2) is 0 Å². The molecule has 1 N–H and O–H groups in total. The van der Waals surface area contributed by atoms with Crippen LogP contribution in [0.5, 0.6) is 0 Å². The van der Waals surface area contributed by atoms with Gasteiger partial charge in [-0.3, -0.25) is 0 Å². The van der Waals surface area contributed by atoms with Crippen LogP contribution >= 0.6 is 22.9 Å². The van der Waals surface area contributed by atoms with Crippen molar-refractivity contribution in [1.29, 1.82) is 0 Å². The molecule has 0 aliphatic rings. The van der Waals surface area contributed by atoms with E-state index in [2.05, 4.69) is 4.72 Å². The lowest BCUT2D eigenvalue weighted by Gasteiger charge is -2.12. The van der Waals surface area contributed by atoms with E-state index in [0.717, 1.165) is 17.7 Å². The van der Waals surface area contributed by atoms with Gasteiger partial charge in [-0.05, 0) is 38.8 Å². The van der Waals surface area contributed by atoms with E-state index in [1.54, 1.807) is 6.07 Å². The summed E-state index contributed by atoms with van der Waals surface area (Å²) in [4.78, 5) is 0.994. The Labute approximate surface area is 106 Å². The maximum atomic E-state index is 11.9. The lowest BCUT2D eigenvalue weighted by atomic mass is 10.2. The first-order valence-corrected chi connectivity index (χ1v) is 7.94. The van der Waals surface area contributed by atoms with Crippen molar-refractivity contribution < 1.29 is 8.42 Å². The molecule has 0 saturated heterocycles. The van der Waals surface area contributed by atoms with Crippen LogP contribution < -0.4 is 4.72 Å². The van der Waals surface area contributed by atoms with E-state index in [1.807, 2.05) is 19.9 Å². The first-order chi connectivity index (χ1) is 7.45. The van der Waals surface area contributed by atoms with Crippen LogP contribution in [-0.2, 0) is 10.0 Å². The number of hydrogen-bond acceptors (Lipinski definition) is 3. The lowest BCUT2D eigenvalue weighted by molar-refractivity contribution is 0.546. The molecule has 0 bridgehead atoms. The number of rotatable bonds is 6. The minimum Gasteiger partial charge on any atom is -0.208 e. The Bertz CT molecular complexity index is 428. The molecule has 1 aromatic rings. The van der Waals surface area contributed by atoms with E-state index in [4.69, 9.17) is 11.6 Å². The fourth-order valence-electron chi connectivity index (χ4n) is 1.32. The maximum absolute atomic E-state index is 11.9. The smallest absolute Gasteiger partial charge is 0.208 e. The number of sulfonamides is 1. The Morgan fingerprint density at radius 2 is 2.19 bits per heavy atom. The zero-order chi connectivity index (χ0) is 12.2. The summed E-state index contributed by atoms with van der Waals surface area (Å²) < 4.78 is 26.8. The predicted octanol–water partition coefficient (Wildman–Crippen LogP) is 2.74. The van der Waals surface area contributed by atoms with E-state index in [-0.39, 0.29) is 6.04 Å². The lowest BCUT2D eigenvalue weighted by Crippen LogP contribution is -2.32. The first-order valence-electron chi connectivity index (χ1n) is 5.10. The zero-order valence-electron chi connectivity index (χ0n) is 9.36. The van der Waals surface area contributed by atoms with E-state index >= 15 is 0 Å². The summed E-state index contributed by atoms with van der Waals surface area (Å²) in [6, 6.07) is 3.37. The molecule has 16 heavy (non-hydrogen) atoms. The summed E-state index contributed by atoms with van der Waals surface area (Å²) in [7, 11) is -3.34. The molecule has 0 aromatic carbocycles. The fraction of sp³-hybridized carbons (Fsp3) is 0.600. The Morgan fingerprint density at radius 1 is 1.50 bits per heavy atom.